The van der Waals surface area contributed by atoms with Crippen LogP contribution in [0.3, 0.4) is 0 Å². The summed E-state index contributed by atoms with van der Waals surface area (Å²) in [6.07, 6.45) is 2.18. The molecule has 82 valence electrons. The lowest BCUT2D eigenvalue weighted by molar-refractivity contribution is 0.0507. The Labute approximate surface area is 86.1 Å². The van der Waals surface area contributed by atoms with Crippen molar-refractivity contribution in [2.75, 3.05) is 39.3 Å². The fourth-order valence-corrected chi connectivity index (χ4v) is 2.46. The fraction of sp³-hybridized carbons (Fsp3) is 1.00. The third-order valence-electron chi connectivity index (χ3n) is 3.39. The van der Waals surface area contributed by atoms with E-state index in [1.54, 1.807) is 0 Å². The molecule has 14 heavy (non-hydrogen) atoms. The molecule has 0 N–H and O–H groups in total. The summed E-state index contributed by atoms with van der Waals surface area (Å²) in [6, 6.07) is 0. The van der Waals surface area contributed by atoms with Crippen molar-refractivity contribution in [3.8, 4) is 0 Å². The summed E-state index contributed by atoms with van der Waals surface area (Å²) in [5, 5.41) is 0. The van der Waals surface area contributed by atoms with E-state index in [0.717, 1.165) is 19.0 Å². The van der Waals surface area contributed by atoms with Gasteiger partial charge < -0.3 is 4.90 Å². The first-order chi connectivity index (χ1) is 6.74. The van der Waals surface area contributed by atoms with E-state index in [1.165, 1.54) is 25.9 Å². The quantitative estimate of drug-likeness (QED) is 0.679. The third kappa shape index (κ3) is 2.67. The van der Waals surface area contributed by atoms with Crippen molar-refractivity contribution in [1.29, 1.82) is 0 Å². The largest absolute Gasteiger partial charge is 0.302 e. The molecule has 2 rings (SSSR count). The maximum Gasteiger partial charge on any atom is 0.125 e. The van der Waals surface area contributed by atoms with Crippen LogP contribution in [-0.2, 0) is 0 Å². The molecule has 0 aromatic rings. The van der Waals surface area contributed by atoms with Crippen molar-refractivity contribution in [1.82, 2.24) is 9.80 Å². The lowest BCUT2D eigenvalue weighted by Crippen LogP contribution is -2.51. The number of likely N-dealkylation sites (tertiary alicyclic amines) is 2. The Kier molecular flexibility index (Phi) is 3.39. The monoisotopic (exact) mass is 200 g/mol. The molecule has 1 atom stereocenters. The van der Waals surface area contributed by atoms with Gasteiger partial charge in [0.2, 0.25) is 0 Å². The minimum atomic E-state index is -0.546. The van der Waals surface area contributed by atoms with Crippen LogP contribution in [0.15, 0.2) is 0 Å². The number of hydrogen-bond acceptors (Lipinski definition) is 2. The Bertz CT molecular complexity index is 180. The van der Waals surface area contributed by atoms with E-state index in [0.29, 0.717) is 13.1 Å². The first-order valence-corrected chi connectivity index (χ1v) is 5.83. The lowest BCUT2D eigenvalue weighted by Gasteiger charge is -2.37. The van der Waals surface area contributed by atoms with Crippen LogP contribution in [0.2, 0.25) is 0 Å². The molecule has 0 aromatic heterocycles. The van der Waals surface area contributed by atoms with E-state index < -0.39 is 6.17 Å². The van der Waals surface area contributed by atoms with Crippen LogP contribution < -0.4 is 0 Å². The van der Waals surface area contributed by atoms with Gasteiger partial charge in [0.15, 0.2) is 0 Å². The van der Waals surface area contributed by atoms with Crippen LogP contribution in [-0.4, -0.2) is 55.2 Å². The van der Waals surface area contributed by atoms with Crippen LogP contribution >= 0.6 is 0 Å². The van der Waals surface area contributed by atoms with Crippen LogP contribution in [0.1, 0.15) is 19.8 Å². The van der Waals surface area contributed by atoms with Crippen molar-refractivity contribution >= 4 is 0 Å². The zero-order valence-corrected chi connectivity index (χ0v) is 9.08. The number of piperidine rings is 1. The van der Waals surface area contributed by atoms with Gasteiger partial charge in [0.1, 0.15) is 6.17 Å². The number of nitrogens with zero attached hydrogens (tertiary/aromatic N) is 2. The lowest BCUT2D eigenvalue weighted by atomic mass is 10.0. The normalized spacial score (nSPS) is 31.7. The van der Waals surface area contributed by atoms with Gasteiger partial charge in [-0.2, -0.15) is 0 Å². The second kappa shape index (κ2) is 4.58. The highest BCUT2D eigenvalue weighted by Gasteiger charge is 2.26. The van der Waals surface area contributed by atoms with Gasteiger partial charge in [-0.25, -0.2) is 4.39 Å². The van der Waals surface area contributed by atoms with Gasteiger partial charge in [-0.3, -0.25) is 4.90 Å². The molecule has 3 heteroatoms. The topological polar surface area (TPSA) is 6.48 Å². The van der Waals surface area contributed by atoms with Gasteiger partial charge in [-0.05, 0) is 25.3 Å². The molecular weight excluding hydrogens is 179 g/mol. The highest BCUT2D eigenvalue weighted by Crippen LogP contribution is 2.16. The van der Waals surface area contributed by atoms with Gasteiger partial charge in [0, 0.05) is 32.7 Å². The van der Waals surface area contributed by atoms with E-state index in [-0.39, 0.29) is 0 Å². The van der Waals surface area contributed by atoms with Crippen molar-refractivity contribution in [2.45, 2.75) is 25.9 Å². The Morgan fingerprint density at radius 1 is 1.14 bits per heavy atom. The molecule has 0 saturated carbocycles. The van der Waals surface area contributed by atoms with Crippen molar-refractivity contribution in [3.63, 3.8) is 0 Å². The smallest absolute Gasteiger partial charge is 0.125 e. The van der Waals surface area contributed by atoms with Crippen LogP contribution in [0.25, 0.3) is 0 Å². The predicted molar refractivity (Wildman–Crippen MR) is 56.2 cm³/mol. The Morgan fingerprint density at radius 2 is 1.86 bits per heavy atom. The van der Waals surface area contributed by atoms with Gasteiger partial charge in [0.05, 0.1) is 0 Å². The van der Waals surface area contributed by atoms with Crippen LogP contribution in [0.4, 0.5) is 4.39 Å². The predicted octanol–water partition coefficient (Wildman–Crippen LogP) is 1.37. The van der Waals surface area contributed by atoms with Crippen molar-refractivity contribution in [3.05, 3.63) is 0 Å². The molecule has 0 bridgehead atoms. The molecule has 2 heterocycles. The Balaban J connectivity index is 1.60. The summed E-state index contributed by atoms with van der Waals surface area (Å²) in [5.41, 5.74) is 0. The number of halogens is 1. The molecule has 0 amide bonds. The van der Waals surface area contributed by atoms with Gasteiger partial charge in [-0.1, -0.05) is 6.92 Å². The SMILES string of the molecule is C[C@@H]1CCCN(CCN2CC(F)C2)C1. The van der Waals surface area contributed by atoms with E-state index >= 15 is 0 Å². The second-order valence-electron chi connectivity index (χ2n) is 4.90. The summed E-state index contributed by atoms with van der Waals surface area (Å²) in [5.74, 6) is 0.856. The first kappa shape index (κ1) is 10.4. The summed E-state index contributed by atoms with van der Waals surface area (Å²) in [7, 11) is 0. The molecule has 2 aliphatic heterocycles. The minimum Gasteiger partial charge on any atom is -0.302 e. The molecule has 2 fully saturated rings. The zero-order valence-electron chi connectivity index (χ0n) is 9.08. The average Bonchev–Trinajstić information content (AvgIpc) is 2.11. The third-order valence-corrected chi connectivity index (χ3v) is 3.39. The first-order valence-electron chi connectivity index (χ1n) is 5.83. The van der Waals surface area contributed by atoms with Crippen LogP contribution in [0, 0.1) is 5.92 Å². The summed E-state index contributed by atoms with van der Waals surface area (Å²) in [4.78, 5) is 4.74. The molecule has 0 spiro atoms. The van der Waals surface area contributed by atoms with Crippen molar-refractivity contribution < 1.29 is 4.39 Å². The molecule has 0 aliphatic carbocycles. The summed E-state index contributed by atoms with van der Waals surface area (Å²) < 4.78 is 12.5. The van der Waals surface area contributed by atoms with E-state index in [4.69, 9.17) is 0 Å². The molecule has 0 aromatic carbocycles. The van der Waals surface area contributed by atoms with Gasteiger partial charge in [0.25, 0.3) is 0 Å². The summed E-state index contributed by atoms with van der Waals surface area (Å²) in [6.45, 7) is 8.36. The molecule has 0 unspecified atom stereocenters. The standard InChI is InChI=1S/C11H21FN2/c1-10-3-2-4-13(7-10)5-6-14-8-11(12)9-14/h10-11H,2-9H2,1H3/t10-/m1/s1. The highest BCUT2D eigenvalue weighted by atomic mass is 19.1. The summed E-state index contributed by atoms with van der Waals surface area (Å²) >= 11 is 0. The van der Waals surface area contributed by atoms with Gasteiger partial charge in [-0.15, -0.1) is 0 Å². The van der Waals surface area contributed by atoms with E-state index in [2.05, 4.69) is 16.7 Å². The van der Waals surface area contributed by atoms with E-state index in [9.17, 15) is 4.39 Å². The maximum absolute atomic E-state index is 12.5. The van der Waals surface area contributed by atoms with Crippen molar-refractivity contribution in [2.24, 2.45) is 5.92 Å². The Morgan fingerprint density at radius 3 is 2.50 bits per heavy atom. The van der Waals surface area contributed by atoms with Gasteiger partial charge >= 0.3 is 0 Å². The fourth-order valence-electron chi connectivity index (χ4n) is 2.46. The Hall–Kier alpha value is -0.150. The zero-order chi connectivity index (χ0) is 9.97. The maximum atomic E-state index is 12.5. The minimum absolute atomic E-state index is 0.546. The highest BCUT2D eigenvalue weighted by molar-refractivity contribution is 4.80. The van der Waals surface area contributed by atoms with E-state index in [1.807, 2.05) is 0 Å². The number of rotatable bonds is 3. The molecule has 2 saturated heterocycles. The second-order valence-corrected chi connectivity index (χ2v) is 4.90. The number of alkyl halides is 1. The van der Waals surface area contributed by atoms with Crippen LogP contribution in [0.5, 0.6) is 0 Å². The molecule has 0 radical (unpaired) electrons. The molecule has 2 aliphatic rings. The molecule has 2 nitrogen and oxygen atoms in total. The average molecular weight is 200 g/mol. The molecular formula is C11H21FN2. The number of hydrogen-bond donors (Lipinski definition) is 0.